The fourth-order valence-electron chi connectivity index (χ4n) is 2.17. The minimum Gasteiger partial charge on any atom is -0.313 e. The quantitative estimate of drug-likeness (QED) is 0.906. The number of benzene rings is 1. The van der Waals surface area contributed by atoms with Gasteiger partial charge in [-0.1, -0.05) is 45.0 Å². The monoisotopic (exact) mass is 288 g/mol. The molecule has 20 heavy (non-hydrogen) atoms. The molecule has 0 saturated heterocycles. The van der Waals surface area contributed by atoms with Crippen molar-refractivity contribution in [3.63, 3.8) is 0 Å². The van der Waals surface area contributed by atoms with Crippen molar-refractivity contribution < 1.29 is 0 Å². The number of hydrogen-bond donors (Lipinski definition) is 1. The molecule has 0 saturated carbocycles. The molecule has 1 N–H and O–H groups in total. The fourth-order valence-corrected chi connectivity index (χ4v) is 3.22. The van der Waals surface area contributed by atoms with Gasteiger partial charge in [0, 0.05) is 23.3 Å². The predicted octanol–water partition coefficient (Wildman–Crippen LogP) is 4.31. The van der Waals surface area contributed by atoms with Crippen molar-refractivity contribution in [2.75, 3.05) is 7.05 Å². The van der Waals surface area contributed by atoms with Crippen LogP contribution in [0.15, 0.2) is 29.6 Å². The zero-order chi connectivity index (χ0) is 14.8. The zero-order valence-corrected chi connectivity index (χ0v) is 13.8. The zero-order valence-electron chi connectivity index (χ0n) is 13.0. The summed E-state index contributed by atoms with van der Waals surface area (Å²) in [6.45, 7) is 8.83. The highest BCUT2D eigenvalue weighted by atomic mass is 32.1. The van der Waals surface area contributed by atoms with Crippen molar-refractivity contribution in [3.05, 3.63) is 51.5 Å². The fraction of sp³-hybridized carbons (Fsp3) is 0.471. The van der Waals surface area contributed by atoms with E-state index in [-0.39, 0.29) is 5.41 Å². The molecule has 0 bridgehead atoms. The van der Waals surface area contributed by atoms with Crippen LogP contribution >= 0.6 is 11.3 Å². The van der Waals surface area contributed by atoms with E-state index in [0.29, 0.717) is 6.04 Å². The summed E-state index contributed by atoms with van der Waals surface area (Å²) in [7, 11) is 2.00. The van der Waals surface area contributed by atoms with Crippen molar-refractivity contribution in [1.82, 2.24) is 10.3 Å². The first-order valence-electron chi connectivity index (χ1n) is 7.11. The molecule has 1 heterocycles. The lowest BCUT2D eigenvalue weighted by Crippen LogP contribution is -2.14. The van der Waals surface area contributed by atoms with E-state index in [1.165, 1.54) is 21.8 Å². The predicted molar refractivity (Wildman–Crippen MR) is 87.5 cm³/mol. The lowest BCUT2D eigenvalue weighted by Gasteiger charge is -2.16. The molecular weight excluding hydrogens is 264 g/mol. The Kier molecular flexibility index (Phi) is 4.61. The molecule has 2 rings (SSSR count). The molecule has 0 fully saturated rings. The lowest BCUT2D eigenvalue weighted by molar-refractivity contribution is 0.571. The standard InChI is InChI=1S/C17H24N2S/c1-12(18-5)14-9-7-6-8-13(14)10-16-19-15(11-20-16)17(2,3)4/h6-9,11-12,18H,10H2,1-5H3. The molecule has 1 aromatic carbocycles. The molecule has 0 radical (unpaired) electrons. The van der Waals surface area contributed by atoms with Gasteiger partial charge in [0.15, 0.2) is 0 Å². The summed E-state index contributed by atoms with van der Waals surface area (Å²) < 4.78 is 0. The maximum atomic E-state index is 4.80. The molecule has 3 heteroatoms. The van der Waals surface area contributed by atoms with Crippen LogP contribution < -0.4 is 5.32 Å². The average Bonchev–Trinajstić information content (AvgIpc) is 2.87. The Morgan fingerprint density at radius 1 is 1.25 bits per heavy atom. The van der Waals surface area contributed by atoms with E-state index < -0.39 is 0 Å². The second kappa shape index (κ2) is 6.06. The van der Waals surface area contributed by atoms with Crippen molar-refractivity contribution in [1.29, 1.82) is 0 Å². The summed E-state index contributed by atoms with van der Waals surface area (Å²) >= 11 is 1.77. The highest BCUT2D eigenvalue weighted by Gasteiger charge is 2.18. The third-order valence-electron chi connectivity index (χ3n) is 3.62. The number of nitrogens with zero attached hydrogens (tertiary/aromatic N) is 1. The van der Waals surface area contributed by atoms with Crippen LogP contribution in [0.1, 0.15) is 55.6 Å². The highest BCUT2D eigenvalue weighted by Crippen LogP contribution is 2.26. The molecule has 2 aromatic rings. The van der Waals surface area contributed by atoms with Crippen molar-refractivity contribution in [2.24, 2.45) is 0 Å². The van der Waals surface area contributed by atoms with Gasteiger partial charge < -0.3 is 5.32 Å². The van der Waals surface area contributed by atoms with Crippen molar-refractivity contribution in [2.45, 2.75) is 45.6 Å². The summed E-state index contributed by atoms with van der Waals surface area (Å²) in [6, 6.07) is 9.00. The minimum absolute atomic E-state index is 0.131. The second-order valence-electron chi connectivity index (χ2n) is 6.26. The number of nitrogens with one attached hydrogen (secondary N) is 1. The summed E-state index contributed by atoms with van der Waals surface area (Å²) in [5.74, 6) is 0. The van der Waals surface area contributed by atoms with E-state index in [9.17, 15) is 0 Å². The van der Waals surface area contributed by atoms with Gasteiger partial charge in [-0.15, -0.1) is 11.3 Å². The molecule has 0 aliphatic heterocycles. The largest absolute Gasteiger partial charge is 0.313 e. The Morgan fingerprint density at radius 2 is 1.95 bits per heavy atom. The molecule has 2 nitrogen and oxygen atoms in total. The van der Waals surface area contributed by atoms with Crippen LogP contribution in [0.3, 0.4) is 0 Å². The Bertz CT molecular complexity index is 566. The normalized spacial score (nSPS) is 13.4. The van der Waals surface area contributed by atoms with Crippen LogP contribution in [-0.4, -0.2) is 12.0 Å². The van der Waals surface area contributed by atoms with Crippen LogP contribution in [0.4, 0.5) is 0 Å². The maximum Gasteiger partial charge on any atom is 0.0972 e. The van der Waals surface area contributed by atoms with Gasteiger partial charge in [-0.3, -0.25) is 0 Å². The Morgan fingerprint density at radius 3 is 2.55 bits per heavy atom. The van der Waals surface area contributed by atoms with Gasteiger partial charge in [0.25, 0.3) is 0 Å². The summed E-state index contributed by atoms with van der Waals surface area (Å²) in [4.78, 5) is 4.80. The molecule has 1 atom stereocenters. The van der Waals surface area contributed by atoms with Crippen LogP contribution in [0.25, 0.3) is 0 Å². The van der Waals surface area contributed by atoms with Gasteiger partial charge >= 0.3 is 0 Å². The Balaban J connectivity index is 2.24. The highest BCUT2D eigenvalue weighted by molar-refractivity contribution is 7.09. The Hall–Kier alpha value is -1.19. The third kappa shape index (κ3) is 3.47. The van der Waals surface area contributed by atoms with Gasteiger partial charge in [0.05, 0.1) is 10.7 Å². The molecular formula is C17H24N2S. The van der Waals surface area contributed by atoms with Crippen molar-refractivity contribution in [3.8, 4) is 0 Å². The van der Waals surface area contributed by atoms with Crippen LogP contribution in [0.2, 0.25) is 0 Å². The van der Waals surface area contributed by atoms with E-state index in [1.807, 2.05) is 7.05 Å². The molecule has 0 aliphatic carbocycles. The molecule has 0 aliphatic rings. The average molecular weight is 288 g/mol. The molecule has 0 spiro atoms. The number of hydrogen-bond acceptors (Lipinski definition) is 3. The summed E-state index contributed by atoms with van der Waals surface area (Å²) in [5.41, 5.74) is 4.05. The molecule has 1 unspecified atom stereocenters. The van der Waals surface area contributed by atoms with Crippen LogP contribution in [0.5, 0.6) is 0 Å². The van der Waals surface area contributed by atoms with Crippen LogP contribution in [0, 0.1) is 0 Å². The van der Waals surface area contributed by atoms with E-state index >= 15 is 0 Å². The van der Waals surface area contributed by atoms with E-state index in [4.69, 9.17) is 4.98 Å². The van der Waals surface area contributed by atoms with Crippen molar-refractivity contribution >= 4 is 11.3 Å². The third-order valence-corrected chi connectivity index (χ3v) is 4.47. The topological polar surface area (TPSA) is 24.9 Å². The first-order valence-corrected chi connectivity index (χ1v) is 7.99. The van der Waals surface area contributed by atoms with Gasteiger partial charge in [0.2, 0.25) is 0 Å². The molecule has 0 amide bonds. The van der Waals surface area contributed by atoms with Gasteiger partial charge in [-0.25, -0.2) is 4.98 Å². The SMILES string of the molecule is CNC(C)c1ccccc1Cc1nc(C(C)(C)C)cs1. The van der Waals surface area contributed by atoms with E-state index in [0.717, 1.165) is 6.42 Å². The molecule has 108 valence electrons. The first kappa shape index (κ1) is 15.2. The molecule has 1 aromatic heterocycles. The van der Waals surface area contributed by atoms with E-state index in [1.54, 1.807) is 11.3 Å². The number of rotatable bonds is 4. The lowest BCUT2D eigenvalue weighted by atomic mass is 9.93. The smallest absolute Gasteiger partial charge is 0.0972 e. The second-order valence-corrected chi connectivity index (χ2v) is 7.21. The summed E-state index contributed by atoms with van der Waals surface area (Å²) in [6.07, 6.45) is 0.920. The Labute approximate surface area is 126 Å². The van der Waals surface area contributed by atoms with Gasteiger partial charge in [0.1, 0.15) is 0 Å². The number of aromatic nitrogens is 1. The maximum absolute atomic E-state index is 4.80. The van der Waals surface area contributed by atoms with Gasteiger partial charge in [-0.2, -0.15) is 0 Å². The minimum atomic E-state index is 0.131. The van der Waals surface area contributed by atoms with Crippen LogP contribution in [-0.2, 0) is 11.8 Å². The summed E-state index contributed by atoms with van der Waals surface area (Å²) in [5, 5.41) is 6.71. The van der Waals surface area contributed by atoms with Gasteiger partial charge in [-0.05, 0) is 25.1 Å². The number of thiazole rings is 1. The van der Waals surface area contributed by atoms with E-state index in [2.05, 4.69) is 62.7 Å². The first-order chi connectivity index (χ1) is 9.41.